The van der Waals surface area contributed by atoms with E-state index in [4.69, 9.17) is 14.3 Å². The summed E-state index contributed by atoms with van der Waals surface area (Å²) in [5, 5.41) is 14.6. The Bertz CT molecular complexity index is 2630. The third-order valence-electron chi connectivity index (χ3n) is 14.1. The molecule has 1 atom stereocenters. The summed E-state index contributed by atoms with van der Waals surface area (Å²) in [5.41, 5.74) is 4.70. The number of benzene rings is 2. The first-order valence-electron chi connectivity index (χ1n) is 22.1. The second kappa shape index (κ2) is 16.4. The second-order valence-corrected chi connectivity index (χ2v) is 18.2. The minimum absolute atomic E-state index is 0.0931. The number of rotatable bonds is 11. The maximum Gasteiger partial charge on any atom is 0.277 e. The van der Waals surface area contributed by atoms with Crippen LogP contribution in [0.3, 0.4) is 0 Å². The predicted octanol–water partition coefficient (Wildman–Crippen LogP) is 6.39. The van der Waals surface area contributed by atoms with Crippen molar-refractivity contribution in [1.29, 1.82) is 0 Å². The first-order valence-corrected chi connectivity index (χ1v) is 22.1. The lowest BCUT2D eigenvalue weighted by atomic mass is 9.57. The highest BCUT2D eigenvalue weighted by atomic mass is 16.5. The molecular formula is C47H51N9O7. The number of methoxy groups -OCH3 is 1. The molecule has 2 aliphatic carbocycles. The van der Waals surface area contributed by atoms with Crippen molar-refractivity contribution in [3.8, 4) is 17.2 Å². The minimum Gasteiger partial charge on any atom is -0.494 e. The normalized spacial score (nSPS) is 22.6. The Hall–Kier alpha value is -6.42. The number of fused-ring (bicyclic) bond motifs is 2. The summed E-state index contributed by atoms with van der Waals surface area (Å²) < 4.78 is 13.4. The molecule has 5 amide bonds. The molecule has 3 aliphatic heterocycles. The number of carbonyl (C=O) groups is 5. The van der Waals surface area contributed by atoms with E-state index in [9.17, 15) is 24.0 Å². The van der Waals surface area contributed by atoms with Crippen LogP contribution < -0.4 is 20.7 Å². The fourth-order valence-electron chi connectivity index (χ4n) is 10.7. The van der Waals surface area contributed by atoms with E-state index < -0.39 is 29.7 Å². The average molecular weight is 854 g/mol. The molecule has 2 aromatic carbocycles. The summed E-state index contributed by atoms with van der Waals surface area (Å²) in [6.45, 7) is 5.97. The molecule has 16 heteroatoms. The molecule has 5 aromatic rings. The van der Waals surface area contributed by atoms with Gasteiger partial charge in [0.1, 0.15) is 18.1 Å². The molecular weight excluding hydrogens is 803 g/mol. The molecule has 1 spiro atoms. The Morgan fingerprint density at radius 3 is 2.54 bits per heavy atom. The Labute approximate surface area is 364 Å². The lowest BCUT2D eigenvalue weighted by Gasteiger charge is -2.53. The van der Waals surface area contributed by atoms with Crippen LogP contribution in [-0.4, -0.2) is 98.4 Å². The standard InChI is InChI=1S/C47H51N9O7/c1-27-18-30(12-15-48-27)44-51-37(26-63-44)42(58)50-36-19-31-25-55(53-35(31)20-39(36)62-2)32-8-6-28(7-9-32)24-54-16-13-47(14-17-54)21-29(22-47)23-49-34-5-3-4-33-41(34)46(61)56(45(33)60)38-10-11-40(57)52-43(38)59/h3-5,12,15,18-20,25-26,28-29,32,38,49H,6-11,13-14,16-17,21-24H2,1-2H3,(H,50,58)(H,52,57,59). The molecule has 0 radical (unpaired) electrons. The molecule has 3 aromatic heterocycles. The first-order chi connectivity index (χ1) is 30.5. The largest absolute Gasteiger partial charge is 0.494 e. The number of pyridine rings is 1. The van der Waals surface area contributed by atoms with Crippen molar-refractivity contribution in [2.45, 2.75) is 83.2 Å². The van der Waals surface area contributed by atoms with Gasteiger partial charge in [-0.25, -0.2) is 4.98 Å². The number of hydrogen-bond donors (Lipinski definition) is 3. The van der Waals surface area contributed by atoms with E-state index >= 15 is 0 Å². The molecule has 3 N–H and O–H groups in total. The number of anilines is 2. The Kier molecular flexibility index (Phi) is 10.6. The Balaban J connectivity index is 0.681. The van der Waals surface area contributed by atoms with E-state index in [1.807, 2.05) is 31.2 Å². The zero-order valence-electron chi connectivity index (χ0n) is 35.5. The lowest BCUT2D eigenvalue weighted by Crippen LogP contribution is -2.54. The molecule has 63 heavy (non-hydrogen) atoms. The van der Waals surface area contributed by atoms with Gasteiger partial charge in [0.25, 0.3) is 17.7 Å². The highest BCUT2D eigenvalue weighted by Gasteiger charge is 2.47. The highest BCUT2D eigenvalue weighted by Crippen LogP contribution is 2.53. The van der Waals surface area contributed by atoms with Crippen LogP contribution in [0.4, 0.5) is 11.4 Å². The van der Waals surface area contributed by atoms with Crippen molar-refractivity contribution >= 4 is 51.8 Å². The topological polar surface area (TPSA) is 194 Å². The zero-order valence-corrected chi connectivity index (χ0v) is 35.5. The van der Waals surface area contributed by atoms with Gasteiger partial charge >= 0.3 is 0 Å². The van der Waals surface area contributed by atoms with Crippen molar-refractivity contribution in [3.05, 3.63) is 83.6 Å². The first kappa shape index (κ1) is 40.6. The summed E-state index contributed by atoms with van der Waals surface area (Å²) in [4.78, 5) is 76.5. The van der Waals surface area contributed by atoms with Crippen LogP contribution in [0.2, 0.25) is 0 Å². The molecule has 5 aliphatic rings. The summed E-state index contributed by atoms with van der Waals surface area (Å²) in [6, 6.07) is 12.0. The van der Waals surface area contributed by atoms with E-state index in [2.05, 4.69) is 41.7 Å². The number of ether oxygens (including phenoxy) is 1. The van der Waals surface area contributed by atoms with Gasteiger partial charge in [-0.2, -0.15) is 5.10 Å². The Morgan fingerprint density at radius 1 is 0.968 bits per heavy atom. The lowest BCUT2D eigenvalue weighted by molar-refractivity contribution is -0.136. The van der Waals surface area contributed by atoms with Crippen LogP contribution in [0.1, 0.15) is 107 Å². The molecule has 4 fully saturated rings. The number of aryl methyl sites for hydroxylation is 1. The number of likely N-dealkylation sites (tertiary alicyclic amines) is 1. The van der Waals surface area contributed by atoms with E-state index in [-0.39, 0.29) is 24.4 Å². The third-order valence-corrected chi connectivity index (χ3v) is 14.1. The van der Waals surface area contributed by atoms with Crippen LogP contribution in [-0.2, 0) is 9.59 Å². The van der Waals surface area contributed by atoms with Gasteiger partial charge in [-0.05, 0) is 125 Å². The number of nitrogens with zero attached hydrogens (tertiary/aromatic N) is 6. The highest BCUT2D eigenvalue weighted by molar-refractivity contribution is 6.25. The Morgan fingerprint density at radius 2 is 1.78 bits per heavy atom. The van der Waals surface area contributed by atoms with Gasteiger partial charge in [-0.3, -0.25) is 43.9 Å². The number of nitrogens with one attached hydrogen (secondary N) is 3. The number of imide groups is 2. The van der Waals surface area contributed by atoms with Gasteiger partial charge in [0, 0.05) is 60.3 Å². The smallest absolute Gasteiger partial charge is 0.277 e. The van der Waals surface area contributed by atoms with E-state index in [1.165, 1.54) is 19.1 Å². The number of oxazole rings is 1. The van der Waals surface area contributed by atoms with Gasteiger partial charge in [-0.1, -0.05) is 6.07 Å². The van der Waals surface area contributed by atoms with Crippen molar-refractivity contribution in [2.75, 3.05) is 43.9 Å². The zero-order chi connectivity index (χ0) is 43.4. The predicted molar refractivity (Wildman–Crippen MR) is 232 cm³/mol. The van der Waals surface area contributed by atoms with Crippen LogP contribution >= 0.6 is 0 Å². The van der Waals surface area contributed by atoms with Gasteiger partial charge < -0.3 is 24.7 Å². The molecule has 2 saturated carbocycles. The summed E-state index contributed by atoms with van der Waals surface area (Å²) in [7, 11) is 1.58. The maximum atomic E-state index is 13.5. The maximum absolute atomic E-state index is 13.5. The van der Waals surface area contributed by atoms with Crippen molar-refractivity contribution in [3.63, 3.8) is 0 Å². The summed E-state index contributed by atoms with van der Waals surface area (Å²) >= 11 is 0. The summed E-state index contributed by atoms with van der Waals surface area (Å²) in [6.07, 6.45) is 14.5. The minimum atomic E-state index is -0.977. The SMILES string of the molecule is COc1cc2nn(C3CCC(CN4CCC5(CC4)CC(CNc4cccc6c4C(=O)N(C4CCC(=O)NC4=O)C6=O)C5)CC3)cc2cc1NC(=O)c1coc(-c2ccnc(C)c2)n1. The third kappa shape index (κ3) is 7.85. The quantitative estimate of drug-likeness (QED) is 0.124. The van der Waals surface area contributed by atoms with E-state index in [1.54, 1.807) is 31.5 Å². The van der Waals surface area contributed by atoms with Crippen LogP contribution in [0.25, 0.3) is 22.4 Å². The van der Waals surface area contributed by atoms with Crippen molar-refractivity contribution in [2.24, 2.45) is 17.3 Å². The number of aromatic nitrogens is 4. The fourth-order valence-corrected chi connectivity index (χ4v) is 10.7. The van der Waals surface area contributed by atoms with Gasteiger partial charge in [0.05, 0.1) is 35.5 Å². The van der Waals surface area contributed by atoms with Gasteiger partial charge in [0.2, 0.25) is 17.7 Å². The van der Waals surface area contributed by atoms with Crippen molar-refractivity contribution in [1.82, 2.24) is 34.9 Å². The van der Waals surface area contributed by atoms with E-state index in [0.29, 0.717) is 57.4 Å². The van der Waals surface area contributed by atoms with Gasteiger partial charge in [0.15, 0.2) is 5.69 Å². The average Bonchev–Trinajstić information content (AvgIpc) is 4.00. The number of amides is 5. The molecule has 0 bridgehead atoms. The van der Waals surface area contributed by atoms with Gasteiger partial charge in [-0.15, -0.1) is 0 Å². The van der Waals surface area contributed by atoms with Crippen molar-refractivity contribution < 1.29 is 33.1 Å². The monoisotopic (exact) mass is 853 g/mol. The fraction of sp³-hybridized carbons (Fsp3) is 0.447. The number of piperidine rings is 2. The number of hydrogen-bond acceptors (Lipinski definition) is 12. The molecule has 10 rings (SSSR count). The van der Waals surface area contributed by atoms with Crippen LogP contribution in [0.5, 0.6) is 5.75 Å². The molecule has 1 unspecified atom stereocenters. The van der Waals surface area contributed by atoms with E-state index in [0.717, 1.165) is 91.8 Å². The second-order valence-electron chi connectivity index (χ2n) is 18.2. The summed E-state index contributed by atoms with van der Waals surface area (Å²) in [5.74, 6) is -0.345. The van der Waals surface area contributed by atoms with Crippen LogP contribution in [0.15, 0.2) is 65.5 Å². The molecule has 2 saturated heterocycles. The van der Waals surface area contributed by atoms with Crippen LogP contribution in [0, 0.1) is 24.2 Å². The molecule has 326 valence electrons. The number of carbonyl (C=O) groups excluding carboxylic acids is 5. The molecule has 6 heterocycles. The molecule has 16 nitrogen and oxygen atoms in total.